The number of benzene rings is 2. The van der Waals surface area contributed by atoms with Crippen molar-refractivity contribution in [2.24, 2.45) is 0 Å². The van der Waals surface area contributed by atoms with Crippen LogP contribution in [0, 0.1) is 0 Å². The Morgan fingerprint density at radius 2 is 1.88 bits per heavy atom. The highest BCUT2D eigenvalue weighted by atomic mass is 32.2. The Morgan fingerprint density at radius 3 is 2.56 bits per heavy atom. The van der Waals surface area contributed by atoms with Crippen LogP contribution in [0.1, 0.15) is 5.56 Å². The highest BCUT2D eigenvalue weighted by Crippen LogP contribution is 2.21. The van der Waals surface area contributed by atoms with Crippen LogP contribution in [0.5, 0.6) is 5.75 Å². The molecule has 0 unspecified atom stereocenters. The number of para-hydroxylation sites is 1. The largest absolute Gasteiger partial charge is 0.496 e. The van der Waals surface area contributed by atoms with Crippen molar-refractivity contribution in [3.63, 3.8) is 0 Å². The van der Waals surface area contributed by atoms with E-state index in [1.54, 1.807) is 24.3 Å². The summed E-state index contributed by atoms with van der Waals surface area (Å²) >= 11 is 0. The number of methoxy groups -OCH3 is 1. The van der Waals surface area contributed by atoms with Crippen molar-refractivity contribution < 1.29 is 26.7 Å². The molecule has 134 valence electrons. The molecule has 2 aromatic carbocycles. The average molecular weight is 370 g/mol. The Kier molecular flexibility index (Phi) is 5.92. The van der Waals surface area contributed by atoms with E-state index in [0.29, 0.717) is 5.75 Å². The molecule has 0 atom stereocenters. The van der Waals surface area contributed by atoms with Crippen molar-refractivity contribution in [3.05, 3.63) is 54.1 Å². The number of urea groups is 1. The van der Waals surface area contributed by atoms with E-state index in [1.165, 1.54) is 19.2 Å². The minimum absolute atomic E-state index is 0.0826. The molecule has 0 bridgehead atoms. The molecule has 0 fully saturated rings. The smallest absolute Gasteiger partial charge is 0.341 e. The van der Waals surface area contributed by atoms with Crippen molar-refractivity contribution in [1.29, 1.82) is 0 Å². The lowest BCUT2D eigenvalue weighted by Gasteiger charge is -2.11. The Morgan fingerprint density at radius 1 is 1.16 bits per heavy atom. The van der Waals surface area contributed by atoms with Gasteiger partial charge in [-0.3, -0.25) is 0 Å². The maximum Gasteiger partial charge on any atom is 0.341 e. The van der Waals surface area contributed by atoms with E-state index in [-0.39, 0.29) is 12.2 Å². The first-order valence-corrected chi connectivity index (χ1v) is 8.68. The first kappa shape index (κ1) is 18.7. The molecule has 0 saturated heterocycles. The van der Waals surface area contributed by atoms with Gasteiger partial charge in [-0.25, -0.2) is 13.2 Å². The van der Waals surface area contributed by atoms with E-state index in [9.17, 15) is 22.0 Å². The number of halogens is 2. The fourth-order valence-corrected chi connectivity index (χ4v) is 2.82. The first-order valence-electron chi connectivity index (χ1n) is 7.13. The van der Waals surface area contributed by atoms with E-state index in [1.807, 2.05) is 0 Å². The van der Waals surface area contributed by atoms with E-state index in [0.717, 1.165) is 17.7 Å². The number of carbonyl (C=O) groups excluding carboxylic acids is 1. The number of sulfone groups is 1. The SMILES string of the molecule is COc1ccccc1CNC(=O)Nc1cccc(S(=O)(=O)C(F)F)c1. The first-order chi connectivity index (χ1) is 11.8. The van der Waals surface area contributed by atoms with Gasteiger partial charge < -0.3 is 15.4 Å². The number of anilines is 1. The minimum atomic E-state index is -4.72. The van der Waals surface area contributed by atoms with Crippen molar-refractivity contribution in [1.82, 2.24) is 5.32 Å². The fraction of sp³-hybridized carbons (Fsp3) is 0.188. The van der Waals surface area contributed by atoms with Gasteiger partial charge in [-0.2, -0.15) is 8.78 Å². The van der Waals surface area contributed by atoms with Crippen molar-refractivity contribution in [2.45, 2.75) is 17.2 Å². The molecule has 0 radical (unpaired) electrons. The number of hydrogen-bond donors (Lipinski definition) is 2. The van der Waals surface area contributed by atoms with E-state index >= 15 is 0 Å². The predicted molar refractivity (Wildman–Crippen MR) is 88.5 cm³/mol. The van der Waals surface area contributed by atoms with Gasteiger partial charge in [0.05, 0.1) is 12.0 Å². The van der Waals surface area contributed by atoms with Gasteiger partial charge in [-0.15, -0.1) is 0 Å². The molecule has 0 aliphatic rings. The molecule has 0 spiro atoms. The second kappa shape index (κ2) is 7.93. The number of alkyl halides is 2. The molecule has 25 heavy (non-hydrogen) atoms. The lowest BCUT2D eigenvalue weighted by atomic mass is 10.2. The van der Waals surface area contributed by atoms with Gasteiger partial charge in [-0.05, 0) is 24.3 Å². The Bertz CT molecular complexity index is 857. The van der Waals surface area contributed by atoms with Crippen molar-refractivity contribution in [3.8, 4) is 5.75 Å². The molecule has 2 N–H and O–H groups in total. The third kappa shape index (κ3) is 4.66. The zero-order valence-electron chi connectivity index (χ0n) is 13.2. The Balaban J connectivity index is 2.04. The van der Waals surface area contributed by atoms with Crippen LogP contribution >= 0.6 is 0 Å². The Labute approximate surface area is 143 Å². The third-order valence-electron chi connectivity index (χ3n) is 3.29. The summed E-state index contributed by atoms with van der Waals surface area (Å²) in [6.45, 7) is 0.171. The summed E-state index contributed by atoms with van der Waals surface area (Å²) in [6.07, 6.45) is 0. The summed E-state index contributed by atoms with van der Waals surface area (Å²) in [7, 11) is -3.21. The van der Waals surface area contributed by atoms with Crippen molar-refractivity contribution >= 4 is 21.6 Å². The summed E-state index contributed by atoms with van der Waals surface area (Å²) < 4.78 is 53.2. The molecule has 0 aromatic heterocycles. The quantitative estimate of drug-likeness (QED) is 0.819. The number of amides is 2. The van der Waals surface area contributed by atoms with Gasteiger partial charge in [0.1, 0.15) is 5.75 Å². The molecular weight excluding hydrogens is 354 g/mol. The molecule has 6 nitrogen and oxygen atoms in total. The second-order valence-corrected chi connectivity index (χ2v) is 6.87. The number of nitrogens with one attached hydrogen (secondary N) is 2. The van der Waals surface area contributed by atoms with Crippen LogP contribution in [-0.2, 0) is 16.4 Å². The number of ether oxygens (including phenoxy) is 1. The number of rotatable bonds is 6. The molecule has 2 aromatic rings. The normalized spacial score (nSPS) is 11.2. The maximum absolute atomic E-state index is 12.6. The van der Waals surface area contributed by atoms with Gasteiger partial charge >= 0.3 is 11.8 Å². The van der Waals surface area contributed by atoms with Crippen molar-refractivity contribution in [2.75, 3.05) is 12.4 Å². The van der Waals surface area contributed by atoms with Crippen LogP contribution in [0.2, 0.25) is 0 Å². The molecule has 0 aliphatic heterocycles. The predicted octanol–water partition coefficient (Wildman–Crippen LogP) is 3.01. The van der Waals surface area contributed by atoms with E-state index in [4.69, 9.17) is 4.74 Å². The number of carbonyl (C=O) groups is 1. The lowest BCUT2D eigenvalue weighted by molar-refractivity contribution is 0.235. The maximum atomic E-state index is 12.6. The Hall–Kier alpha value is -2.68. The summed E-state index contributed by atoms with van der Waals surface area (Å²) in [5.74, 6) is -2.92. The third-order valence-corrected chi connectivity index (χ3v) is 4.67. The zero-order chi connectivity index (χ0) is 18.4. The van der Waals surface area contributed by atoms with Crippen LogP contribution in [0.25, 0.3) is 0 Å². The van der Waals surface area contributed by atoms with Crippen LogP contribution in [0.15, 0.2) is 53.4 Å². The molecule has 0 aliphatic carbocycles. The summed E-state index contributed by atoms with van der Waals surface area (Å²) in [5.41, 5.74) is 0.827. The van der Waals surface area contributed by atoms with Crippen LogP contribution in [0.3, 0.4) is 0 Å². The van der Waals surface area contributed by atoms with E-state index in [2.05, 4.69) is 10.6 Å². The summed E-state index contributed by atoms with van der Waals surface area (Å²) in [4.78, 5) is 11.4. The van der Waals surface area contributed by atoms with Crippen LogP contribution in [0.4, 0.5) is 19.3 Å². The van der Waals surface area contributed by atoms with Crippen LogP contribution in [-0.4, -0.2) is 27.3 Å². The minimum Gasteiger partial charge on any atom is -0.496 e. The monoisotopic (exact) mass is 370 g/mol. The molecule has 9 heteroatoms. The number of hydrogen-bond acceptors (Lipinski definition) is 4. The van der Waals surface area contributed by atoms with Gasteiger partial charge in [0.2, 0.25) is 9.84 Å². The second-order valence-electron chi connectivity index (χ2n) is 4.95. The van der Waals surface area contributed by atoms with Crippen LogP contribution < -0.4 is 15.4 Å². The van der Waals surface area contributed by atoms with Gasteiger partial charge in [0.15, 0.2) is 0 Å². The van der Waals surface area contributed by atoms with Gasteiger partial charge in [-0.1, -0.05) is 24.3 Å². The van der Waals surface area contributed by atoms with Gasteiger partial charge in [0, 0.05) is 17.8 Å². The molecular formula is C16H16F2N2O4S. The van der Waals surface area contributed by atoms with E-state index < -0.39 is 26.5 Å². The molecule has 0 heterocycles. The zero-order valence-corrected chi connectivity index (χ0v) is 14.0. The standard InChI is InChI=1S/C16H16F2N2O4S/c1-24-14-8-3-2-5-11(14)10-19-16(21)20-12-6-4-7-13(9-12)25(22,23)15(17)18/h2-9,15H,10H2,1H3,(H2,19,20,21). The molecule has 2 amide bonds. The highest BCUT2D eigenvalue weighted by Gasteiger charge is 2.26. The average Bonchev–Trinajstić information content (AvgIpc) is 2.60. The summed E-state index contributed by atoms with van der Waals surface area (Å²) in [6, 6.07) is 11.2. The molecule has 0 saturated carbocycles. The topological polar surface area (TPSA) is 84.5 Å². The fourth-order valence-electron chi connectivity index (χ4n) is 2.05. The summed E-state index contributed by atoms with van der Waals surface area (Å²) in [5, 5.41) is 4.98. The lowest BCUT2D eigenvalue weighted by Crippen LogP contribution is -2.28. The highest BCUT2D eigenvalue weighted by molar-refractivity contribution is 7.91. The van der Waals surface area contributed by atoms with Gasteiger partial charge in [0.25, 0.3) is 0 Å². The molecule has 2 rings (SSSR count).